The Balaban J connectivity index is 2.15. The molecular formula is C11H15N3O3. The van der Waals surface area contributed by atoms with E-state index in [0.717, 1.165) is 12.8 Å². The number of pyridine rings is 1. The lowest BCUT2D eigenvalue weighted by Crippen LogP contribution is -2.06. The van der Waals surface area contributed by atoms with E-state index in [1.54, 1.807) is 6.07 Å². The number of hydrogen-bond donors (Lipinski definition) is 1. The molecule has 92 valence electrons. The molecule has 0 amide bonds. The van der Waals surface area contributed by atoms with Crippen molar-refractivity contribution in [3.8, 4) is 5.88 Å². The van der Waals surface area contributed by atoms with Crippen LogP contribution in [0.25, 0.3) is 0 Å². The third kappa shape index (κ3) is 3.05. The van der Waals surface area contributed by atoms with Crippen LogP contribution >= 0.6 is 0 Å². The molecule has 0 bridgehead atoms. The van der Waals surface area contributed by atoms with E-state index in [4.69, 9.17) is 4.74 Å². The van der Waals surface area contributed by atoms with E-state index in [9.17, 15) is 10.1 Å². The van der Waals surface area contributed by atoms with Crippen molar-refractivity contribution >= 4 is 11.5 Å². The molecule has 0 saturated heterocycles. The van der Waals surface area contributed by atoms with Crippen LogP contribution in [0.2, 0.25) is 0 Å². The van der Waals surface area contributed by atoms with Gasteiger partial charge in [-0.3, -0.25) is 10.1 Å². The normalized spacial score (nSPS) is 14.4. The summed E-state index contributed by atoms with van der Waals surface area (Å²) in [7, 11) is 0. The third-order valence-corrected chi connectivity index (χ3v) is 2.55. The number of aromatic nitrogens is 1. The van der Waals surface area contributed by atoms with Crippen LogP contribution in [-0.4, -0.2) is 23.1 Å². The largest absolute Gasteiger partial charge is 0.472 e. The topological polar surface area (TPSA) is 77.3 Å². The van der Waals surface area contributed by atoms with E-state index in [1.807, 2.05) is 6.92 Å². The molecule has 0 atom stereocenters. The van der Waals surface area contributed by atoms with Crippen LogP contribution in [0, 0.1) is 16.0 Å². The highest BCUT2D eigenvalue weighted by Gasteiger charge is 2.25. The zero-order chi connectivity index (χ0) is 12.3. The van der Waals surface area contributed by atoms with Crippen molar-refractivity contribution in [3.63, 3.8) is 0 Å². The lowest BCUT2D eigenvalue weighted by molar-refractivity contribution is -0.386. The molecule has 1 saturated carbocycles. The number of ether oxygens (including phenoxy) is 1. The van der Waals surface area contributed by atoms with Crippen molar-refractivity contribution in [3.05, 3.63) is 22.2 Å². The number of rotatable bonds is 6. The van der Waals surface area contributed by atoms with Gasteiger partial charge >= 0.3 is 5.69 Å². The van der Waals surface area contributed by atoms with Gasteiger partial charge in [-0.05, 0) is 31.7 Å². The Labute approximate surface area is 99.2 Å². The van der Waals surface area contributed by atoms with Crippen molar-refractivity contribution in [2.45, 2.75) is 19.8 Å². The molecule has 1 aromatic rings. The van der Waals surface area contributed by atoms with Gasteiger partial charge in [-0.15, -0.1) is 0 Å². The maximum Gasteiger partial charge on any atom is 0.331 e. The minimum atomic E-state index is -0.467. The molecule has 6 nitrogen and oxygen atoms in total. The van der Waals surface area contributed by atoms with E-state index >= 15 is 0 Å². The molecule has 2 rings (SSSR count). The molecule has 0 radical (unpaired) electrons. The molecule has 1 fully saturated rings. The second-order valence-corrected chi connectivity index (χ2v) is 4.06. The number of anilines is 1. The van der Waals surface area contributed by atoms with Gasteiger partial charge in [0.15, 0.2) is 0 Å². The standard InChI is InChI=1S/C11H15N3O3/c1-2-12-10-6-5-9(14(15)16)11(13-10)17-7-8-3-4-8/h5-6,8H,2-4,7H2,1H3,(H,12,13). The predicted molar refractivity (Wildman–Crippen MR) is 63.3 cm³/mol. The Morgan fingerprint density at radius 2 is 2.35 bits per heavy atom. The highest BCUT2D eigenvalue weighted by atomic mass is 16.6. The lowest BCUT2D eigenvalue weighted by atomic mass is 10.4. The predicted octanol–water partition coefficient (Wildman–Crippen LogP) is 2.21. The monoisotopic (exact) mass is 237 g/mol. The summed E-state index contributed by atoms with van der Waals surface area (Å²) < 4.78 is 5.42. The number of nitrogens with one attached hydrogen (secondary N) is 1. The molecule has 0 unspecified atom stereocenters. The van der Waals surface area contributed by atoms with Gasteiger partial charge in [0.25, 0.3) is 5.88 Å². The zero-order valence-electron chi connectivity index (χ0n) is 9.68. The third-order valence-electron chi connectivity index (χ3n) is 2.55. The number of nitrogens with zero attached hydrogens (tertiary/aromatic N) is 2. The van der Waals surface area contributed by atoms with Crippen LogP contribution in [0.15, 0.2) is 12.1 Å². The molecular weight excluding hydrogens is 222 g/mol. The quantitative estimate of drug-likeness (QED) is 0.606. The lowest BCUT2D eigenvalue weighted by Gasteiger charge is -2.07. The molecule has 1 aliphatic carbocycles. The molecule has 1 aliphatic rings. The minimum Gasteiger partial charge on any atom is -0.472 e. The van der Waals surface area contributed by atoms with Crippen molar-refractivity contribution in [2.75, 3.05) is 18.5 Å². The van der Waals surface area contributed by atoms with E-state index in [-0.39, 0.29) is 11.6 Å². The summed E-state index contributed by atoms with van der Waals surface area (Å²) in [4.78, 5) is 14.5. The highest BCUT2D eigenvalue weighted by Crippen LogP contribution is 2.32. The van der Waals surface area contributed by atoms with Gasteiger partial charge < -0.3 is 10.1 Å². The molecule has 6 heteroatoms. The number of nitro groups is 1. The Hall–Kier alpha value is -1.85. The SMILES string of the molecule is CCNc1ccc([N+](=O)[O-])c(OCC2CC2)n1. The molecule has 1 N–H and O–H groups in total. The van der Waals surface area contributed by atoms with Gasteiger partial charge in [0.1, 0.15) is 5.82 Å². The van der Waals surface area contributed by atoms with E-state index in [1.165, 1.54) is 6.07 Å². The summed E-state index contributed by atoms with van der Waals surface area (Å²) in [6.45, 7) is 3.17. The van der Waals surface area contributed by atoms with Gasteiger partial charge in [-0.25, -0.2) is 0 Å². The molecule has 0 spiro atoms. The fraction of sp³-hybridized carbons (Fsp3) is 0.545. The number of hydrogen-bond acceptors (Lipinski definition) is 5. The van der Waals surface area contributed by atoms with E-state index in [2.05, 4.69) is 10.3 Å². The van der Waals surface area contributed by atoms with Crippen LogP contribution in [0.1, 0.15) is 19.8 Å². The fourth-order valence-corrected chi connectivity index (χ4v) is 1.44. The first-order chi connectivity index (χ1) is 8.20. The summed E-state index contributed by atoms with van der Waals surface area (Å²) in [6, 6.07) is 3.01. The summed E-state index contributed by atoms with van der Waals surface area (Å²) in [6.07, 6.45) is 2.28. The average Bonchev–Trinajstić information content (AvgIpc) is 3.10. The van der Waals surface area contributed by atoms with Crippen molar-refractivity contribution in [1.29, 1.82) is 0 Å². The molecule has 1 aromatic heterocycles. The Morgan fingerprint density at radius 1 is 1.59 bits per heavy atom. The van der Waals surface area contributed by atoms with Gasteiger partial charge in [-0.2, -0.15) is 4.98 Å². The maximum absolute atomic E-state index is 10.8. The van der Waals surface area contributed by atoms with E-state index < -0.39 is 4.92 Å². The zero-order valence-corrected chi connectivity index (χ0v) is 9.68. The smallest absolute Gasteiger partial charge is 0.331 e. The summed E-state index contributed by atoms with van der Waals surface area (Å²) in [5.41, 5.74) is -0.0766. The molecule has 0 aromatic carbocycles. The van der Waals surface area contributed by atoms with Crippen LogP contribution in [-0.2, 0) is 0 Å². The Bertz CT molecular complexity index is 418. The van der Waals surface area contributed by atoms with Crippen LogP contribution in [0.4, 0.5) is 11.5 Å². The first-order valence-corrected chi connectivity index (χ1v) is 5.72. The van der Waals surface area contributed by atoms with Gasteiger partial charge in [0, 0.05) is 12.6 Å². The Morgan fingerprint density at radius 3 is 2.94 bits per heavy atom. The average molecular weight is 237 g/mol. The highest BCUT2D eigenvalue weighted by molar-refractivity contribution is 5.49. The van der Waals surface area contributed by atoms with Gasteiger partial charge in [-0.1, -0.05) is 0 Å². The molecule has 1 heterocycles. The first kappa shape index (κ1) is 11.6. The molecule has 17 heavy (non-hydrogen) atoms. The molecule has 0 aliphatic heterocycles. The van der Waals surface area contributed by atoms with Crippen LogP contribution in [0.3, 0.4) is 0 Å². The first-order valence-electron chi connectivity index (χ1n) is 5.72. The van der Waals surface area contributed by atoms with Crippen LogP contribution in [0.5, 0.6) is 5.88 Å². The van der Waals surface area contributed by atoms with Crippen LogP contribution < -0.4 is 10.1 Å². The van der Waals surface area contributed by atoms with E-state index in [0.29, 0.717) is 24.9 Å². The Kier molecular flexibility index (Phi) is 3.41. The fourth-order valence-electron chi connectivity index (χ4n) is 1.44. The van der Waals surface area contributed by atoms with Crippen molar-refractivity contribution in [2.24, 2.45) is 5.92 Å². The summed E-state index contributed by atoms with van der Waals surface area (Å²) >= 11 is 0. The van der Waals surface area contributed by atoms with Crippen molar-refractivity contribution in [1.82, 2.24) is 4.98 Å². The minimum absolute atomic E-state index is 0.0766. The summed E-state index contributed by atoms with van der Waals surface area (Å²) in [5, 5.41) is 13.8. The second kappa shape index (κ2) is 4.99. The maximum atomic E-state index is 10.8. The van der Waals surface area contributed by atoms with Gasteiger partial charge in [0.05, 0.1) is 11.5 Å². The van der Waals surface area contributed by atoms with Crippen molar-refractivity contribution < 1.29 is 9.66 Å². The van der Waals surface area contributed by atoms with Gasteiger partial charge in [0.2, 0.25) is 0 Å². The summed E-state index contributed by atoms with van der Waals surface area (Å²) in [5.74, 6) is 1.25. The second-order valence-electron chi connectivity index (χ2n) is 4.06.